The van der Waals surface area contributed by atoms with Crippen molar-refractivity contribution < 1.29 is 9.13 Å². The molecule has 114 valence electrons. The van der Waals surface area contributed by atoms with Gasteiger partial charge in [-0.05, 0) is 26.0 Å². The van der Waals surface area contributed by atoms with Gasteiger partial charge in [-0.15, -0.1) is 11.3 Å². The summed E-state index contributed by atoms with van der Waals surface area (Å²) in [5.74, 6) is -0.296. The number of aryl methyl sites for hydroxylation is 1. The van der Waals surface area contributed by atoms with E-state index in [4.69, 9.17) is 4.74 Å². The van der Waals surface area contributed by atoms with Gasteiger partial charge >= 0.3 is 0 Å². The molecule has 2 rings (SSSR count). The van der Waals surface area contributed by atoms with Gasteiger partial charge in [0, 0.05) is 29.6 Å². The quantitative estimate of drug-likeness (QED) is 0.761. The van der Waals surface area contributed by atoms with E-state index in [-0.39, 0.29) is 11.7 Å². The number of thiazole rings is 1. The normalized spacial score (nSPS) is 10.8. The zero-order chi connectivity index (χ0) is 15.1. The molecule has 0 saturated heterocycles. The number of ether oxygens (including phenoxy) is 1. The molecule has 6 heteroatoms. The second-order valence-electron chi connectivity index (χ2n) is 4.73. The third-order valence-corrected chi connectivity index (χ3v) is 4.09. The van der Waals surface area contributed by atoms with Crippen LogP contribution in [0.15, 0.2) is 17.8 Å². The lowest BCUT2D eigenvalue weighted by Gasteiger charge is -2.09. The summed E-state index contributed by atoms with van der Waals surface area (Å²) < 4.78 is 19.7. The lowest BCUT2D eigenvalue weighted by molar-refractivity contribution is 0.291. The first-order chi connectivity index (χ1) is 10.2. The van der Waals surface area contributed by atoms with Gasteiger partial charge < -0.3 is 10.1 Å². The van der Waals surface area contributed by atoms with E-state index in [1.807, 2.05) is 12.4 Å². The third-order valence-electron chi connectivity index (χ3n) is 3.09. The van der Waals surface area contributed by atoms with Crippen molar-refractivity contribution in [2.45, 2.75) is 33.2 Å². The minimum absolute atomic E-state index is 0.0768. The summed E-state index contributed by atoms with van der Waals surface area (Å²) in [7, 11) is 0. The molecule has 0 saturated carbocycles. The molecule has 0 aliphatic rings. The Kier molecular flexibility index (Phi) is 6.07. The van der Waals surface area contributed by atoms with Crippen LogP contribution < -0.4 is 10.1 Å². The van der Waals surface area contributed by atoms with Crippen LogP contribution in [0, 0.1) is 12.7 Å². The maximum atomic E-state index is 14.2. The van der Waals surface area contributed by atoms with E-state index in [1.165, 1.54) is 0 Å². The van der Waals surface area contributed by atoms with Crippen molar-refractivity contribution in [2.75, 3.05) is 13.2 Å². The number of rotatable bonds is 8. The molecule has 21 heavy (non-hydrogen) atoms. The molecule has 0 aliphatic heterocycles. The summed E-state index contributed by atoms with van der Waals surface area (Å²) in [6.45, 7) is 5.80. The van der Waals surface area contributed by atoms with Crippen molar-refractivity contribution in [3.05, 3.63) is 39.7 Å². The first kappa shape index (κ1) is 15.9. The molecule has 0 spiro atoms. The fourth-order valence-corrected chi connectivity index (χ4v) is 2.67. The van der Waals surface area contributed by atoms with Gasteiger partial charge in [-0.3, -0.25) is 0 Å². The Morgan fingerprint density at radius 2 is 2.24 bits per heavy atom. The summed E-state index contributed by atoms with van der Waals surface area (Å²) in [5, 5.41) is 3.18. The van der Waals surface area contributed by atoms with Crippen molar-refractivity contribution >= 4 is 11.3 Å². The van der Waals surface area contributed by atoms with Crippen molar-refractivity contribution in [3.8, 4) is 5.88 Å². The Hall–Kier alpha value is -1.53. The minimum Gasteiger partial charge on any atom is -0.475 e. The van der Waals surface area contributed by atoms with E-state index in [0.29, 0.717) is 18.7 Å². The van der Waals surface area contributed by atoms with E-state index in [1.54, 1.807) is 23.6 Å². The number of hydrogen-bond donors (Lipinski definition) is 1. The summed E-state index contributed by atoms with van der Waals surface area (Å²) in [5.41, 5.74) is 3.40. The summed E-state index contributed by atoms with van der Waals surface area (Å²) >= 11 is 1.59. The number of aromatic nitrogens is 2. The van der Waals surface area contributed by atoms with Gasteiger partial charge in [0.2, 0.25) is 0 Å². The predicted octanol–water partition coefficient (Wildman–Crippen LogP) is 3.11. The zero-order valence-electron chi connectivity index (χ0n) is 12.4. The lowest BCUT2D eigenvalue weighted by atomic mass is 10.2. The molecule has 0 atom stereocenters. The maximum absolute atomic E-state index is 14.2. The van der Waals surface area contributed by atoms with E-state index in [2.05, 4.69) is 22.2 Å². The molecular formula is C15H20FN3OS. The Balaban J connectivity index is 1.90. The number of nitrogens with one attached hydrogen (secondary N) is 1. The van der Waals surface area contributed by atoms with Gasteiger partial charge in [-0.25, -0.2) is 14.4 Å². The molecule has 0 unspecified atom stereocenters. The molecule has 0 amide bonds. The van der Waals surface area contributed by atoms with Crippen LogP contribution in [0.4, 0.5) is 4.39 Å². The Bertz CT molecular complexity index is 574. The molecule has 0 aromatic carbocycles. The van der Waals surface area contributed by atoms with Gasteiger partial charge in [-0.2, -0.15) is 0 Å². The van der Waals surface area contributed by atoms with Crippen LogP contribution in [0.5, 0.6) is 5.88 Å². The molecule has 0 fully saturated rings. The number of nitrogens with zero attached hydrogens (tertiary/aromatic N) is 2. The fourth-order valence-electron chi connectivity index (χ4n) is 1.91. The molecule has 2 aromatic heterocycles. The molecule has 1 N–H and O–H groups in total. The van der Waals surface area contributed by atoms with Gasteiger partial charge in [0.05, 0.1) is 17.8 Å². The van der Waals surface area contributed by atoms with Crippen molar-refractivity contribution in [3.63, 3.8) is 0 Å². The smallest absolute Gasteiger partial charge is 0.250 e. The SMILES string of the molecule is CCCNCc1ccnc(OCCc2scnc2C)c1F. The summed E-state index contributed by atoms with van der Waals surface area (Å²) in [6.07, 6.45) is 3.32. The van der Waals surface area contributed by atoms with E-state index >= 15 is 0 Å². The number of pyridine rings is 1. The average Bonchev–Trinajstić information content (AvgIpc) is 2.88. The molecule has 2 heterocycles. The molecule has 0 radical (unpaired) electrons. The maximum Gasteiger partial charge on any atom is 0.250 e. The van der Waals surface area contributed by atoms with Gasteiger partial charge in [0.1, 0.15) is 0 Å². The van der Waals surface area contributed by atoms with E-state index in [0.717, 1.165) is 30.0 Å². The Morgan fingerprint density at radius 1 is 1.38 bits per heavy atom. The number of halogens is 1. The average molecular weight is 309 g/mol. The minimum atomic E-state index is -0.373. The fraction of sp³-hybridized carbons (Fsp3) is 0.467. The second-order valence-corrected chi connectivity index (χ2v) is 5.66. The van der Waals surface area contributed by atoms with Gasteiger partial charge in [-0.1, -0.05) is 6.92 Å². The summed E-state index contributed by atoms with van der Waals surface area (Å²) in [6, 6.07) is 1.68. The number of hydrogen-bond acceptors (Lipinski definition) is 5. The standard InChI is InChI=1S/C15H20FN3OS/c1-3-6-17-9-12-4-7-18-15(14(12)16)20-8-5-13-11(2)19-10-21-13/h4,7,10,17H,3,5-6,8-9H2,1-2H3. The first-order valence-corrected chi connectivity index (χ1v) is 7.96. The molecular weight excluding hydrogens is 289 g/mol. The topological polar surface area (TPSA) is 47.0 Å². The lowest BCUT2D eigenvalue weighted by Crippen LogP contribution is -2.15. The van der Waals surface area contributed by atoms with Crippen LogP contribution in [-0.4, -0.2) is 23.1 Å². The molecule has 0 aliphatic carbocycles. The van der Waals surface area contributed by atoms with Crippen LogP contribution in [0.25, 0.3) is 0 Å². The van der Waals surface area contributed by atoms with Crippen molar-refractivity contribution in [2.24, 2.45) is 0 Å². The Labute approximate surface area is 128 Å². The van der Waals surface area contributed by atoms with Crippen molar-refractivity contribution in [1.82, 2.24) is 15.3 Å². The predicted molar refractivity (Wildman–Crippen MR) is 82.2 cm³/mol. The molecule has 2 aromatic rings. The third kappa shape index (κ3) is 4.47. The highest BCUT2D eigenvalue weighted by Gasteiger charge is 2.11. The van der Waals surface area contributed by atoms with Crippen LogP contribution in [-0.2, 0) is 13.0 Å². The Morgan fingerprint density at radius 3 is 2.95 bits per heavy atom. The first-order valence-electron chi connectivity index (χ1n) is 7.08. The van der Waals surface area contributed by atoms with Crippen LogP contribution in [0.2, 0.25) is 0 Å². The van der Waals surface area contributed by atoms with Gasteiger partial charge in [0.25, 0.3) is 5.88 Å². The van der Waals surface area contributed by atoms with E-state index in [9.17, 15) is 4.39 Å². The summed E-state index contributed by atoms with van der Waals surface area (Å²) in [4.78, 5) is 9.32. The van der Waals surface area contributed by atoms with Gasteiger partial charge in [0.15, 0.2) is 5.82 Å². The highest BCUT2D eigenvalue weighted by Crippen LogP contribution is 2.18. The van der Waals surface area contributed by atoms with Crippen LogP contribution in [0.1, 0.15) is 29.5 Å². The molecule has 0 bridgehead atoms. The van der Waals surface area contributed by atoms with Crippen LogP contribution in [0.3, 0.4) is 0 Å². The van der Waals surface area contributed by atoms with E-state index < -0.39 is 0 Å². The highest BCUT2D eigenvalue weighted by molar-refractivity contribution is 7.09. The van der Waals surface area contributed by atoms with Crippen molar-refractivity contribution in [1.29, 1.82) is 0 Å². The van der Waals surface area contributed by atoms with Crippen LogP contribution >= 0.6 is 11.3 Å². The monoisotopic (exact) mass is 309 g/mol. The largest absolute Gasteiger partial charge is 0.475 e. The molecule has 4 nitrogen and oxygen atoms in total. The zero-order valence-corrected chi connectivity index (χ0v) is 13.2. The highest BCUT2D eigenvalue weighted by atomic mass is 32.1. The second kappa shape index (κ2) is 8.05.